The summed E-state index contributed by atoms with van der Waals surface area (Å²) in [5, 5.41) is 0.883. The van der Waals surface area contributed by atoms with E-state index in [9.17, 15) is 14.4 Å². The number of benzene rings is 2. The molecule has 0 unspecified atom stereocenters. The molecule has 31 heavy (non-hydrogen) atoms. The van der Waals surface area contributed by atoms with Gasteiger partial charge < -0.3 is 4.74 Å². The van der Waals surface area contributed by atoms with Crippen molar-refractivity contribution in [1.29, 1.82) is 0 Å². The zero-order valence-corrected chi connectivity index (χ0v) is 16.7. The summed E-state index contributed by atoms with van der Waals surface area (Å²) in [5.41, 5.74) is 1.48. The quantitative estimate of drug-likeness (QED) is 0.369. The van der Waals surface area contributed by atoms with Crippen LogP contribution < -0.4 is 9.64 Å². The Hall–Kier alpha value is -3.54. The highest BCUT2D eigenvalue weighted by atomic mass is 16.5. The molecule has 154 valence electrons. The standard InChI is InChI=1S/C25H20N2O4/c28-23-20-16-6-7-17(13-16)21(20)24(29)27(23)18-10-8-15(9-11-18)25(30)31-19-5-1-3-14-4-2-12-26-22(14)19/h1-5,8-12,16-17,20-21H,6-7,13H2/t16-,17+,20-,21+. The third kappa shape index (κ3) is 2.71. The predicted molar refractivity (Wildman–Crippen MR) is 113 cm³/mol. The number of ether oxygens (including phenoxy) is 1. The molecular formula is C25H20N2O4. The van der Waals surface area contributed by atoms with E-state index in [0.29, 0.717) is 34.4 Å². The van der Waals surface area contributed by atoms with Crippen LogP contribution in [0.2, 0.25) is 0 Å². The van der Waals surface area contributed by atoms with Gasteiger partial charge in [-0.3, -0.25) is 19.5 Å². The summed E-state index contributed by atoms with van der Waals surface area (Å²) >= 11 is 0. The summed E-state index contributed by atoms with van der Waals surface area (Å²) in [6.45, 7) is 0. The van der Waals surface area contributed by atoms with Crippen LogP contribution in [0.4, 0.5) is 5.69 Å². The van der Waals surface area contributed by atoms with Crippen molar-refractivity contribution in [3.63, 3.8) is 0 Å². The van der Waals surface area contributed by atoms with Gasteiger partial charge in [-0.15, -0.1) is 0 Å². The van der Waals surface area contributed by atoms with E-state index in [1.165, 1.54) is 4.90 Å². The maximum Gasteiger partial charge on any atom is 0.343 e. The van der Waals surface area contributed by atoms with Gasteiger partial charge in [0.1, 0.15) is 5.52 Å². The molecule has 6 heteroatoms. The first kappa shape index (κ1) is 18.2. The third-order valence-corrected chi connectivity index (χ3v) is 7.09. The van der Waals surface area contributed by atoms with Crippen LogP contribution in [0.25, 0.3) is 10.9 Å². The van der Waals surface area contributed by atoms with Gasteiger partial charge >= 0.3 is 5.97 Å². The molecule has 2 amide bonds. The second kappa shape index (κ2) is 6.74. The zero-order valence-electron chi connectivity index (χ0n) is 16.7. The number of nitrogens with zero attached hydrogens (tertiary/aromatic N) is 2. The van der Waals surface area contributed by atoms with Crippen molar-refractivity contribution in [2.75, 3.05) is 4.90 Å². The van der Waals surface area contributed by atoms with Gasteiger partial charge in [-0.05, 0) is 67.5 Å². The van der Waals surface area contributed by atoms with E-state index >= 15 is 0 Å². The second-order valence-corrected chi connectivity index (χ2v) is 8.66. The molecule has 1 saturated heterocycles. The fourth-order valence-electron chi connectivity index (χ4n) is 5.73. The van der Waals surface area contributed by atoms with E-state index < -0.39 is 5.97 Å². The first-order valence-electron chi connectivity index (χ1n) is 10.7. The fraction of sp³-hybridized carbons (Fsp3) is 0.280. The Balaban J connectivity index is 1.24. The van der Waals surface area contributed by atoms with Crippen molar-refractivity contribution in [3.05, 3.63) is 66.4 Å². The van der Waals surface area contributed by atoms with E-state index in [-0.39, 0.29) is 23.7 Å². The molecule has 0 N–H and O–H groups in total. The molecule has 4 atom stereocenters. The smallest absolute Gasteiger partial charge is 0.343 e. The average molecular weight is 412 g/mol. The fourth-order valence-corrected chi connectivity index (χ4v) is 5.73. The van der Waals surface area contributed by atoms with Gasteiger partial charge in [0.25, 0.3) is 0 Å². The number of amides is 2. The molecule has 3 fully saturated rings. The average Bonchev–Trinajstić information content (AvgIpc) is 3.48. The van der Waals surface area contributed by atoms with E-state index in [1.54, 1.807) is 36.5 Å². The van der Waals surface area contributed by atoms with E-state index in [1.807, 2.05) is 24.3 Å². The van der Waals surface area contributed by atoms with Crippen LogP contribution in [-0.4, -0.2) is 22.8 Å². The number of anilines is 1. The molecule has 2 aromatic carbocycles. The van der Waals surface area contributed by atoms with Crippen molar-refractivity contribution in [1.82, 2.24) is 4.98 Å². The molecular weight excluding hydrogens is 392 g/mol. The number of carbonyl (C=O) groups excluding carboxylic acids is 3. The monoisotopic (exact) mass is 412 g/mol. The van der Waals surface area contributed by atoms with Crippen molar-refractivity contribution in [2.45, 2.75) is 19.3 Å². The van der Waals surface area contributed by atoms with Crippen molar-refractivity contribution in [2.24, 2.45) is 23.7 Å². The van der Waals surface area contributed by atoms with Crippen LogP contribution >= 0.6 is 0 Å². The van der Waals surface area contributed by atoms with Gasteiger partial charge in [0, 0.05) is 11.6 Å². The predicted octanol–water partition coefficient (Wildman–Crippen LogP) is 3.99. The lowest BCUT2D eigenvalue weighted by atomic mass is 9.81. The maximum atomic E-state index is 13.0. The maximum absolute atomic E-state index is 13.0. The summed E-state index contributed by atoms with van der Waals surface area (Å²) in [4.78, 5) is 44.3. The highest BCUT2D eigenvalue weighted by Gasteiger charge is 2.61. The Bertz CT molecular complexity index is 1200. The van der Waals surface area contributed by atoms with Gasteiger partial charge in [0.05, 0.1) is 23.1 Å². The Morgan fingerprint density at radius 1 is 0.903 bits per heavy atom. The summed E-state index contributed by atoms with van der Waals surface area (Å²) in [7, 11) is 0. The number of imide groups is 1. The normalized spacial score (nSPS) is 26.5. The SMILES string of the molecule is O=C(Oc1cccc2cccnc12)c1ccc(N2C(=O)[C@@H]3[C@@H]4CC[C@@H](C4)[C@@H]3C2=O)cc1. The number of rotatable bonds is 3. The molecule has 3 aliphatic rings. The summed E-state index contributed by atoms with van der Waals surface area (Å²) in [6, 6.07) is 15.6. The topological polar surface area (TPSA) is 76.6 Å². The van der Waals surface area contributed by atoms with Gasteiger partial charge in [-0.1, -0.05) is 18.2 Å². The Morgan fingerprint density at radius 2 is 1.58 bits per heavy atom. The number of aromatic nitrogens is 1. The zero-order chi connectivity index (χ0) is 21.1. The van der Waals surface area contributed by atoms with E-state index in [4.69, 9.17) is 4.74 Å². The number of para-hydroxylation sites is 1. The molecule has 0 radical (unpaired) electrons. The van der Waals surface area contributed by atoms with Crippen molar-refractivity contribution < 1.29 is 19.1 Å². The lowest BCUT2D eigenvalue weighted by Gasteiger charge is -2.19. The van der Waals surface area contributed by atoms with Crippen LogP contribution in [-0.2, 0) is 9.59 Å². The molecule has 6 nitrogen and oxygen atoms in total. The summed E-state index contributed by atoms with van der Waals surface area (Å²) in [6.07, 6.45) is 4.76. The van der Waals surface area contributed by atoms with Gasteiger partial charge in [0.15, 0.2) is 5.75 Å². The lowest BCUT2D eigenvalue weighted by molar-refractivity contribution is -0.123. The highest BCUT2D eigenvalue weighted by molar-refractivity contribution is 6.22. The van der Waals surface area contributed by atoms with Gasteiger partial charge in [-0.2, -0.15) is 0 Å². The summed E-state index contributed by atoms with van der Waals surface area (Å²) < 4.78 is 5.57. The molecule has 1 aromatic heterocycles. The Morgan fingerprint density at radius 3 is 2.29 bits per heavy atom. The Kier molecular flexibility index (Phi) is 3.96. The van der Waals surface area contributed by atoms with Gasteiger partial charge in [0.2, 0.25) is 11.8 Å². The molecule has 2 bridgehead atoms. The number of esters is 1. The first-order valence-corrected chi connectivity index (χ1v) is 10.7. The van der Waals surface area contributed by atoms with Crippen LogP contribution in [0.3, 0.4) is 0 Å². The molecule has 6 rings (SSSR count). The van der Waals surface area contributed by atoms with E-state index in [2.05, 4.69) is 4.98 Å². The van der Waals surface area contributed by atoms with Crippen molar-refractivity contribution in [3.8, 4) is 5.75 Å². The number of hydrogen-bond donors (Lipinski definition) is 0. The van der Waals surface area contributed by atoms with Crippen molar-refractivity contribution >= 4 is 34.4 Å². The number of hydrogen-bond acceptors (Lipinski definition) is 5. The van der Waals surface area contributed by atoms with Gasteiger partial charge in [-0.25, -0.2) is 4.79 Å². The summed E-state index contributed by atoms with van der Waals surface area (Å²) in [5.74, 6) is 0.0855. The second-order valence-electron chi connectivity index (χ2n) is 8.66. The molecule has 2 heterocycles. The lowest BCUT2D eigenvalue weighted by Crippen LogP contribution is -2.32. The molecule has 2 saturated carbocycles. The third-order valence-electron chi connectivity index (χ3n) is 7.09. The number of fused-ring (bicyclic) bond motifs is 6. The first-order chi connectivity index (χ1) is 15.1. The molecule has 2 aliphatic carbocycles. The minimum Gasteiger partial charge on any atom is -0.421 e. The number of pyridine rings is 1. The minimum absolute atomic E-state index is 0.0839. The number of carbonyl (C=O) groups is 3. The minimum atomic E-state index is -0.515. The molecule has 3 aromatic rings. The Labute approximate surface area is 178 Å². The van der Waals surface area contributed by atoms with Crippen LogP contribution in [0.1, 0.15) is 29.6 Å². The van der Waals surface area contributed by atoms with Crippen LogP contribution in [0.15, 0.2) is 60.8 Å². The largest absolute Gasteiger partial charge is 0.421 e. The van der Waals surface area contributed by atoms with E-state index in [0.717, 1.165) is 24.6 Å². The molecule has 0 spiro atoms. The van der Waals surface area contributed by atoms with Crippen LogP contribution in [0, 0.1) is 23.7 Å². The highest BCUT2D eigenvalue weighted by Crippen LogP contribution is 2.56. The molecule has 1 aliphatic heterocycles. The van der Waals surface area contributed by atoms with Crippen LogP contribution in [0.5, 0.6) is 5.75 Å².